The molecule has 0 aliphatic heterocycles. The van der Waals surface area contributed by atoms with E-state index in [0.717, 1.165) is 10.6 Å². The van der Waals surface area contributed by atoms with Crippen molar-refractivity contribution in [3.63, 3.8) is 0 Å². The topological polar surface area (TPSA) is 79.2 Å². The van der Waals surface area contributed by atoms with E-state index in [1.807, 2.05) is 25.1 Å². The van der Waals surface area contributed by atoms with Crippen molar-refractivity contribution in [3.8, 4) is 6.07 Å². The molecule has 2 aromatic rings. The van der Waals surface area contributed by atoms with Gasteiger partial charge in [0.05, 0.1) is 17.2 Å². The number of hydrogen-bond acceptors (Lipinski definition) is 5. The lowest BCUT2D eigenvalue weighted by molar-refractivity contribution is -0.123. The van der Waals surface area contributed by atoms with E-state index in [2.05, 4.69) is 5.32 Å². The summed E-state index contributed by atoms with van der Waals surface area (Å²) in [5, 5.41) is 11.5. The van der Waals surface area contributed by atoms with Gasteiger partial charge in [0.25, 0.3) is 5.91 Å². The molecule has 128 valence electrons. The lowest BCUT2D eigenvalue weighted by atomic mass is 10.2. The van der Waals surface area contributed by atoms with Crippen LogP contribution in [0.5, 0.6) is 0 Å². The van der Waals surface area contributed by atoms with Crippen LogP contribution in [-0.4, -0.2) is 23.7 Å². The molecular formula is C19H18N2O3S. The Labute approximate surface area is 151 Å². The summed E-state index contributed by atoms with van der Waals surface area (Å²) in [7, 11) is 0. The quantitative estimate of drug-likeness (QED) is 0.629. The van der Waals surface area contributed by atoms with Gasteiger partial charge in [-0.1, -0.05) is 25.1 Å². The average molecular weight is 354 g/mol. The average Bonchev–Trinajstić information content (AvgIpc) is 2.62. The highest BCUT2D eigenvalue weighted by atomic mass is 32.2. The largest absolute Gasteiger partial charge is 0.449 e. The summed E-state index contributed by atoms with van der Waals surface area (Å²) in [4.78, 5) is 25.4. The number of carbonyl (C=O) groups is 2. The van der Waals surface area contributed by atoms with Crippen LogP contribution < -0.4 is 5.32 Å². The van der Waals surface area contributed by atoms with Crippen molar-refractivity contribution in [2.24, 2.45) is 0 Å². The molecule has 6 heteroatoms. The summed E-state index contributed by atoms with van der Waals surface area (Å²) >= 11 is 1.54. The predicted molar refractivity (Wildman–Crippen MR) is 97.5 cm³/mol. The molecule has 1 N–H and O–H groups in total. The van der Waals surface area contributed by atoms with Crippen LogP contribution in [0.3, 0.4) is 0 Å². The van der Waals surface area contributed by atoms with Crippen molar-refractivity contribution in [1.82, 2.24) is 0 Å². The molecule has 2 aromatic carbocycles. The molecule has 0 unspecified atom stereocenters. The van der Waals surface area contributed by atoms with Crippen LogP contribution in [0.4, 0.5) is 5.69 Å². The fourth-order valence-corrected chi connectivity index (χ4v) is 2.90. The second kappa shape index (κ2) is 8.90. The predicted octanol–water partition coefficient (Wildman–Crippen LogP) is 3.85. The standard InChI is InChI=1S/C19H18N2O3S/c1-3-25-17-10-5-4-9-16(17)19(23)24-13(2)18(22)21-15-8-6-7-14(11-15)12-20/h4-11,13H,3H2,1-2H3,(H,21,22)/t13-/m1/s1. The van der Waals surface area contributed by atoms with Crippen LogP contribution >= 0.6 is 11.8 Å². The Kier molecular flexibility index (Phi) is 6.61. The van der Waals surface area contributed by atoms with Crippen LogP contribution in [0.15, 0.2) is 53.4 Å². The SMILES string of the molecule is CCSc1ccccc1C(=O)O[C@H](C)C(=O)Nc1cccc(C#N)c1. The molecule has 2 rings (SSSR count). The number of nitriles is 1. The van der Waals surface area contributed by atoms with Crippen molar-refractivity contribution in [2.45, 2.75) is 24.8 Å². The molecule has 0 radical (unpaired) electrons. The number of esters is 1. The highest BCUT2D eigenvalue weighted by Gasteiger charge is 2.21. The highest BCUT2D eigenvalue weighted by Crippen LogP contribution is 2.23. The number of nitrogens with one attached hydrogen (secondary N) is 1. The Morgan fingerprint density at radius 1 is 1.24 bits per heavy atom. The lowest BCUT2D eigenvalue weighted by Gasteiger charge is -2.15. The molecule has 0 heterocycles. The molecule has 0 bridgehead atoms. The molecule has 5 nitrogen and oxygen atoms in total. The van der Waals surface area contributed by atoms with Crippen LogP contribution in [-0.2, 0) is 9.53 Å². The van der Waals surface area contributed by atoms with E-state index in [1.165, 1.54) is 6.92 Å². The maximum absolute atomic E-state index is 12.3. The fourth-order valence-electron chi connectivity index (χ4n) is 2.10. The number of nitrogens with zero attached hydrogens (tertiary/aromatic N) is 1. The van der Waals surface area contributed by atoms with Crippen molar-refractivity contribution in [3.05, 3.63) is 59.7 Å². The molecule has 0 aliphatic carbocycles. The molecule has 0 saturated heterocycles. The second-order valence-electron chi connectivity index (χ2n) is 5.16. The van der Waals surface area contributed by atoms with E-state index in [0.29, 0.717) is 16.8 Å². The molecule has 1 amide bonds. The molecule has 0 spiro atoms. The summed E-state index contributed by atoms with van der Waals surface area (Å²) in [6, 6.07) is 15.7. The number of rotatable bonds is 6. The monoisotopic (exact) mass is 354 g/mol. The summed E-state index contributed by atoms with van der Waals surface area (Å²) in [6.07, 6.45) is -0.960. The minimum atomic E-state index is -0.960. The molecule has 0 saturated carbocycles. The molecule has 0 fully saturated rings. The van der Waals surface area contributed by atoms with Gasteiger partial charge in [-0.3, -0.25) is 4.79 Å². The van der Waals surface area contributed by atoms with Crippen LogP contribution in [0.2, 0.25) is 0 Å². The Balaban J connectivity index is 2.03. The lowest BCUT2D eigenvalue weighted by Crippen LogP contribution is -2.30. The number of hydrogen-bond donors (Lipinski definition) is 1. The zero-order valence-electron chi connectivity index (χ0n) is 14.0. The zero-order valence-corrected chi connectivity index (χ0v) is 14.8. The van der Waals surface area contributed by atoms with Crippen LogP contribution in [0, 0.1) is 11.3 Å². The summed E-state index contributed by atoms with van der Waals surface area (Å²) in [6.45, 7) is 3.51. The highest BCUT2D eigenvalue weighted by molar-refractivity contribution is 7.99. The number of amides is 1. The normalized spacial score (nSPS) is 11.2. The van der Waals surface area contributed by atoms with Gasteiger partial charge in [-0.15, -0.1) is 11.8 Å². The molecule has 1 atom stereocenters. The number of ether oxygens (including phenoxy) is 1. The first-order valence-corrected chi connectivity index (χ1v) is 8.77. The van der Waals surface area contributed by atoms with Gasteiger partial charge in [0.15, 0.2) is 6.10 Å². The second-order valence-corrected chi connectivity index (χ2v) is 6.46. The minimum Gasteiger partial charge on any atom is -0.449 e. The van der Waals surface area contributed by atoms with Crippen molar-refractivity contribution < 1.29 is 14.3 Å². The van der Waals surface area contributed by atoms with Crippen LogP contribution in [0.25, 0.3) is 0 Å². The number of anilines is 1. The Morgan fingerprint density at radius 3 is 2.72 bits per heavy atom. The molecule has 0 aromatic heterocycles. The van der Waals surface area contributed by atoms with E-state index in [4.69, 9.17) is 10.00 Å². The molecule has 25 heavy (non-hydrogen) atoms. The van der Waals surface area contributed by atoms with Gasteiger partial charge in [0.2, 0.25) is 0 Å². The molecule has 0 aliphatic rings. The zero-order chi connectivity index (χ0) is 18.2. The van der Waals surface area contributed by atoms with Gasteiger partial charge < -0.3 is 10.1 Å². The maximum Gasteiger partial charge on any atom is 0.340 e. The summed E-state index contributed by atoms with van der Waals surface area (Å²) < 4.78 is 5.28. The van der Waals surface area contributed by atoms with Gasteiger partial charge in [0.1, 0.15) is 0 Å². The fraction of sp³-hybridized carbons (Fsp3) is 0.211. The van der Waals surface area contributed by atoms with E-state index in [9.17, 15) is 9.59 Å². The first-order valence-electron chi connectivity index (χ1n) is 7.79. The van der Waals surface area contributed by atoms with Gasteiger partial charge in [-0.2, -0.15) is 5.26 Å². The minimum absolute atomic E-state index is 0.438. The summed E-state index contributed by atoms with van der Waals surface area (Å²) in [5.74, 6) is -0.163. The Hall–Kier alpha value is -2.78. The third-order valence-corrected chi connectivity index (χ3v) is 4.27. The van der Waals surface area contributed by atoms with Gasteiger partial charge in [-0.05, 0) is 43.0 Å². The third kappa shape index (κ3) is 5.10. The van der Waals surface area contributed by atoms with E-state index in [-0.39, 0.29) is 0 Å². The molecular weight excluding hydrogens is 336 g/mol. The number of benzene rings is 2. The Bertz CT molecular complexity index is 814. The number of thioether (sulfide) groups is 1. The van der Waals surface area contributed by atoms with Crippen molar-refractivity contribution >= 4 is 29.3 Å². The van der Waals surface area contributed by atoms with Gasteiger partial charge in [-0.25, -0.2) is 4.79 Å². The maximum atomic E-state index is 12.3. The first-order chi connectivity index (χ1) is 12.0. The van der Waals surface area contributed by atoms with Gasteiger partial charge in [0, 0.05) is 10.6 Å². The number of carbonyl (C=O) groups excluding carboxylic acids is 2. The van der Waals surface area contributed by atoms with E-state index >= 15 is 0 Å². The van der Waals surface area contributed by atoms with Crippen molar-refractivity contribution in [2.75, 3.05) is 11.1 Å². The van der Waals surface area contributed by atoms with Crippen molar-refractivity contribution in [1.29, 1.82) is 5.26 Å². The van der Waals surface area contributed by atoms with Gasteiger partial charge >= 0.3 is 5.97 Å². The smallest absolute Gasteiger partial charge is 0.340 e. The Morgan fingerprint density at radius 2 is 2.00 bits per heavy atom. The first kappa shape index (κ1) is 18.6. The van der Waals surface area contributed by atoms with E-state index < -0.39 is 18.0 Å². The van der Waals surface area contributed by atoms with E-state index in [1.54, 1.807) is 48.2 Å². The van der Waals surface area contributed by atoms with Crippen LogP contribution in [0.1, 0.15) is 29.8 Å². The summed E-state index contributed by atoms with van der Waals surface area (Å²) in [5.41, 5.74) is 1.36. The third-order valence-electron chi connectivity index (χ3n) is 3.32.